The van der Waals surface area contributed by atoms with Gasteiger partial charge in [0.25, 0.3) is 0 Å². The van der Waals surface area contributed by atoms with Crippen LogP contribution in [0.25, 0.3) is 10.8 Å². The van der Waals surface area contributed by atoms with Crippen LogP contribution in [0.3, 0.4) is 0 Å². The summed E-state index contributed by atoms with van der Waals surface area (Å²) < 4.78 is 0. The molecule has 2 aromatic carbocycles. The zero-order chi connectivity index (χ0) is 14.0. The van der Waals surface area contributed by atoms with Crippen LogP contribution in [0.2, 0.25) is 0 Å². The van der Waals surface area contributed by atoms with Crippen LogP contribution in [0.1, 0.15) is 20.3 Å². The SMILES string of the molecule is CN(C(=O)CC(C)(C)N)c1ccc2ccccc2c1. The number of carbonyl (C=O) groups excluding carboxylic acids is 1. The van der Waals surface area contributed by atoms with Gasteiger partial charge in [0.05, 0.1) is 0 Å². The molecule has 0 fully saturated rings. The maximum absolute atomic E-state index is 12.1. The van der Waals surface area contributed by atoms with E-state index < -0.39 is 5.54 Å². The second-order valence-electron chi connectivity index (χ2n) is 5.65. The lowest BCUT2D eigenvalue weighted by molar-refractivity contribution is -0.119. The molecule has 0 saturated carbocycles. The van der Waals surface area contributed by atoms with Crippen LogP contribution in [0.15, 0.2) is 42.5 Å². The van der Waals surface area contributed by atoms with E-state index in [1.165, 1.54) is 5.39 Å². The van der Waals surface area contributed by atoms with E-state index in [9.17, 15) is 4.79 Å². The van der Waals surface area contributed by atoms with Crippen molar-refractivity contribution in [2.75, 3.05) is 11.9 Å². The van der Waals surface area contributed by atoms with E-state index in [-0.39, 0.29) is 5.91 Å². The summed E-state index contributed by atoms with van der Waals surface area (Å²) in [5.74, 6) is 0.0304. The molecule has 0 aromatic heterocycles. The second kappa shape index (κ2) is 5.02. The summed E-state index contributed by atoms with van der Waals surface area (Å²) in [6, 6.07) is 14.1. The summed E-state index contributed by atoms with van der Waals surface area (Å²) >= 11 is 0. The summed E-state index contributed by atoms with van der Waals surface area (Å²) in [7, 11) is 1.79. The lowest BCUT2D eigenvalue weighted by Gasteiger charge is -2.23. The van der Waals surface area contributed by atoms with Gasteiger partial charge >= 0.3 is 0 Å². The largest absolute Gasteiger partial charge is 0.325 e. The Morgan fingerprint density at radius 3 is 2.42 bits per heavy atom. The molecule has 100 valence electrons. The Bertz CT molecular complexity index is 599. The molecule has 2 rings (SSSR count). The Morgan fingerprint density at radius 2 is 1.79 bits per heavy atom. The predicted octanol–water partition coefficient (Wildman–Crippen LogP) is 2.93. The van der Waals surface area contributed by atoms with Crippen molar-refractivity contribution >= 4 is 22.4 Å². The maximum Gasteiger partial charge on any atom is 0.228 e. The monoisotopic (exact) mass is 256 g/mol. The minimum atomic E-state index is -0.484. The standard InChI is InChI=1S/C16H20N2O/c1-16(2,17)11-15(19)18(3)14-9-8-12-6-4-5-7-13(12)10-14/h4-10H,11,17H2,1-3H3. The Labute approximate surface area is 114 Å². The zero-order valence-electron chi connectivity index (χ0n) is 11.7. The second-order valence-corrected chi connectivity index (χ2v) is 5.65. The van der Waals surface area contributed by atoms with Gasteiger partial charge in [0.2, 0.25) is 5.91 Å². The van der Waals surface area contributed by atoms with E-state index in [4.69, 9.17) is 5.73 Å². The van der Waals surface area contributed by atoms with Crippen LogP contribution in [-0.4, -0.2) is 18.5 Å². The van der Waals surface area contributed by atoms with Crippen LogP contribution in [0.4, 0.5) is 5.69 Å². The number of fused-ring (bicyclic) bond motifs is 1. The van der Waals surface area contributed by atoms with Crippen LogP contribution in [0, 0.1) is 0 Å². The van der Waals surface area contributed by atoms with Gasteiger partial charge in [-0.2, -0.15) is 0 Å². The molecular formula is C16H20N2O. The molecule has 2 aromatic rings. The summed E-state index contributed by atoms with van der Waals surface area (Å²) in [4.78, 5) is 13.8. The molecule has 0 radical (unpaired) electrons. The highest BCUT2D eigenvalue weighted by atomic mass is 16.2. The fourth-order valence-corrected chi connectivity index (χ4v) is 2.04. The first kappa shape index (κ1) is 13.6. The first-order valence-electron chi connectivity index (χ1n) is 6.41. The summed E-state index contributed by atoms with van der Waals surface area (Å²) in [6.45, 7) is 3.72. The highest BCUT2D eigenvalue weighted by Gasteiger charge is 2.20. The first-order valence-corrected chi connectivity index (χ1v) is 6.41. The number of rotatable bonds is 3. The van der Waals surface area contributed by atoms with Crippen LogP contribution >= 0.6 is 0 Å². The number of nitrogens with two attached hydrogens (primary N) is 1. The number of anilines is 1. The topological polar surface area (TPSA) is 46.3 Å². The maximum atomic E-state index is 12.1. The molecule has 0 unspecified atom stereocenters. The molecule has 0 saturated heterocycles. The molecule has 0 aliphatic carbocycles. The van der Waals surface area contributed by atoms with E-state index in [1.807, 2.05) is 50.2 Å². The van der Waals surface area contributed by atoms with Crippen molar-refractivity contribution < 1.29 is 4.79 Å². The minimum absolute atomic E-state index is 0.0304. The number of hydrogen-bond acceptors (Lipinski definition) is 2. The normalized spacial score (nSPS) is 11.6. The highest BCUT2D eigenvalue weighted by Crippen LogP contribution is 2.22. The highest BCUT2D eigenvalue weighted by molar-refractivity contribution is 5.96. The molecule has 2 N–H and O–H groups in total. The van der Waals surface area contributed by atoms with Crippen molar-refractivity contribution in [2.45, 2.75) is 25.8 Å². The fourth-order valence-electron chi connectivity index (χ4n) is 2.04. The minimum Gasteiger partial charge on any atom is -0.325 e. The fraction of sp³-hybridized carbons (Fsp3) is 0.312. The number of hydrogen-bond donors (Lipinski definition) is 1. The van der Waals surface area contributed by atoms with Crippen molar-refractivity contribution in [2.24, 2.45) is 5.73 Å². The molecule has 3 heteroatoms. The predicted molar refractivity (Wildman–Crippen MR) is 80.2 cm³/mol. The van der Waals surface area contributed by atoms with Crippen molar-refractivity contribution in [1.82, 2.24) is 0 Å². The number of benzene rings is 2. The smallest absolute Gasteiger partial charge is 0.228 e. The van der Waals surface area contributed by atoms with Gasteiger partial charge in [0.15, 0.2) is 0 Å². The van der Waals surface area contributed by atoms with E-state index in [1.54, 1.807) is 11.9 Å². The van der Waals surface area contributed by atoms with Gasteiger partial charge in [-0.25, -0.2) is 0 Å². The third-order valence-electron chi connectivity index (χ3n) is 3.10. The molecule has 19 heavy (non-hydrogen) atoms. The van der Waals surface area contributed by atoms with Gasteiger partial charge in [0, 0.05) is 24.7 Å². The molecular weight excluding hydrogens is 236 g/mol. The van der Waals surface area contributed by atoms with Crippen molar-refractivity contribution in [3.8, 4) is 0 Å². The van der Waals surface area contributed by atoms with Gasteiger partial charge in [-0.3, -0.25) is 4.79 Å². The molecule has 3 nitrogen and oxygen atoms in total. The number of carbonyl (C=O) groups is 1. The summed E-state index contributed by atoms with van der Waals surface area (Å²) in [6.07, 6.45) is 0.330. The molecule has 1 amide bonds. The van der Waals surface area contributed by atoms with E-state index >= 15 is 0 Å². The zero-order valence-corrected chi connectivity index (χ0v) is 11.7. The Morgan fingerprint density at radius 1 is 1.16 bits per heavy atom. The quantitative estimate of drug-likeness (QED) is 0.917. The molecule has 0 aliphatic rings. The van der Waals surface area contributed by atoms with Gasteiger partial charge in [0.1, 0.15) is 0 Å². The molecule has 0 bridgehead atoms. The van der Waals surface area contributed by atoms with Crippen LogP contribution in [0.5, 0.6) is 0 Å². The van der Waals surface area contributed by atoms with Crippen LogP contribution < -0.4 is 10.6 Å². The van der Waals surface area contributed by atoms with Gasteiger partial charge in [-0.1, -0.05) is 30.3 Å². The van der Waals surface area contributed by atoms with Crippen molar-refractivity contribution in [3.05, 3.63) is 42.5 Å². The van der Waals surface area contributed by atoms with Gasteiger partial charge in [-0.15, -0.1) is 0 Å². The number of nitrogens with zero attached hydrogens (tertiary/aromatic N) is 1. The lowest BCUT2D eigenvalue weighted by Crippen LogP contribution is -2.39. The molecule has 0 aliphatic heterocycles. The number of amides is 1. The van der Waals surface area contributed by atoms with E-state index in [0.717, 1.165) is 11.1 Å². The Hall–Kier alpha value is -1.87. The van der Waals surface area contributed by atoms with Crippen molar-refractivity contribution in [1.29, 1.82) is 0 Å². The van der Waals surface area contributed by atoms with Crippen LogP contribution in [-0.2, 0) is 4.79 Å². The molecule has 0 atom stereocenters. The summed E-state index contributed by atoms with van der Waals surface area (Å²) in [5, 5.41) is 2.30. The molecule has 0 heterocycles. The van der Waals surface area contributed by atoms with E-state index in [0.29, 0.717) is 6.42 Å². The van der Waals surface area contributed by atoms with Crippen molar-refractivity contribution in [3.63, 3.8) is 0 Å². The van der Waals surface area contributed by atoms with E-state index in [2.05, 4.69) is 6.07 Å². The molecule has 0 spiro atoms. The van der Waals surface area contributed by atoms with Gasteiger partial charge < -0.3 is 10.6 Å². The first-order chi connectivity index (χ1) is 8.87. The average molecular weight is 256 g/mol. The third kappa shape index (κ3) is 3.32. The third-order valence-corrected chi connectivity index (χ3v) is 3.10. The Balaban J connectivity index is 2.26. The lowest BCUT2D eigenvalue weighted by atomic mass is 10.0. The average Bonchev–Trinajstić information content (AvgIpc) is 2.35. The Kier molecular flexibility index (Phi) is 3.58. The summed E-state index contributed by atoms with van der Waals surface area (Å²) in [5.41, 5.74) is 6.31. The van der Waals surface area contributed by atoms with Gasteiger partial charge in [-0.05, 0) is 36.8 Å².